The second kappa shape index (κ2) is 9.66. The lowest BCUT2D eigenvalue weighted by molar-refractivity contribution is 0.0934. The van der Waals surface area contributed by atoms with Crippen LogP contribution in [0.4, 0.5) is 5.69 Å². The molecule has 33 heavy (non-hydrogen) atoms. The predicted octanol–water partition coefficient (Wildman–Crippen LogP) is 3.23. The molecule has 176 valence electrons. The second-order valence-corrected chi connectivity index (χ2v) is 9.87. The minimum absolute atomic E-state index is 0.0175. The first-order chi connectivity index (χ1) is 15.6. The van der Waals surface area contributed by atoms with Crippen LogP contribution in [0.1, 0.15) is 42.7 Å². The highest BCUT2D eigenvalue weighted by molar-refractivity contribution is 7.92. The summed E-state index contributed by atoms with van der Waals surface area (Å²) >= 11 is 0. The van der Waals surface area contributed by atoms with Gasteiger partial charge in [0.05, 0.1) is 16.3 Å². The van der Waals surface area contributed by atoms with Gasteiger partial charge in [-0.1, -0.05) is 38.1 Å². The minimum Gasteiger partial charge on any atom is -0.349 e. The molecule has 1 amide bonds. The Morgan fingerprint density at radius 2 is 1.70 bits per heavy atom. The van der Waals surface area contributed by atoms with Crippen LogP contribution in [-0.4, -0.2) is 36.8 Å². The Balaban J connectivity index is 2.02. The number of nitrogens with zero attached hydrogens (tertiary/aromatic N) is 3. The summed E-state index contributed by atoms with van der Waals surface area (Å²) in [6, 6.07) is 14.9. The molecule has 0 aliphatic heterocycles. The first kappa shape index (κ1) is 24.3. The molecule has 9 heteroatoms. The van der Waals surface area contributed by atoms with Gasteiger partial charge in [0.1, 0.15) is 5.69 Å². The van der Waals surface area contributed by atoms with Crippen molar-refractivity contribution in [3.63, 3.8) is 0 Å². The van der Waals surface area contributed by atoms with Gasteiger partial charge in [-0.2, -0.15) is 0 Å². The number of amides is 1. The Bertz CT molecular complexity index is 1310. The average Bonchev–Trinajstić information content (AvgIpc) is 3.05. The Hall–Kier alpha value is -3.33. The van der Waals surface area contributed by atoms with E-state index in [1.54, 1.807) is 36.9 Å². The quantitative estimate of drug-likeness (QED) is 0.547. The van der Waals surface area contributed by atoms with Crippen LogP contribution < -0.4 is 15.2 Å². The fourth-order valence-electron chi connectivity index (χ4n) is 3.75. The molecule has 0 fully saturated rings. The molecule has 1 heterocycles. The van der Waals surface area contributed by atoms with E-state index in [-0.39, 0.29) is 28.1 Å². The molecule has 0 saturated heterocycles. The van der Waals surface area contributed by atoms with E-state index in [1.165, 1.54) is 29.9 Å². The largest absolute Gasteiger partial charge is 0.349 e. The Morgan fingerprint density at radius 3 is 2.30 bits per heavy atom. The van der Waals surface area contributed by atoms with Gasteiger partial charge in [-0.25, -0.2) is 13.1 Å². The lowest BCUT2D eigenvalue weighted by Crippen LogP contribution is -2.34. The molecule has 1 aromatic heterocycles. The Kier molecular flexibility index (Phi) is 7.12. The van der Waals surface area contributed by atoms with Gasteiger partial charge in [-0.3, -0.25) is 18.6 Å². The maximum absolute atomic E-state index is 13.4. The summed E-state index contributed by atoms with van der Waals surface area (Å²) < 4.78 is 30.9. The Labute approximate surface area is 194 Å². The van der Waals surface area contributed by atoms with Crippen molar-refractivity contribution in [2.45, 2.75) is 44.6 Å². The number of aromatic nitrogens is 2. The van der Waals surface area contributed by atoms with Gasteiger partial charge in [0, 0.05) is 25.7 Å². The van der Waals surface area contributed by atoms with Gasteiger partial charge in [0.15, 0.2) is 0 Å². The van der Waals surface area contributed by atoms with E-state index in [9.17, 15) is 18.0 Å². The van der Waals surface area contributed by atoms with Crippen molar-refractivity contribution < 1.29 is 13.2 Å². The van der Waals surface area contributed by atoms with Crippen molar-refractivity contribution in [3.8, 4) is 5.69 Å². The molecule has 3 aromatic rings. The number of hydrogen-bond donors (Lipinski definition) is 1. The lowest BCUT2D eigenvalue weighted by Gasteiger charge is -2.19. The number of benzene rings is 2. The lowest BCUT2D eigenvalue weighted by atomic mass is 10.1. The highest BCUT2D eigenvalue weighted by atomic mass is 32.2. The topological polar surface area (TPSA) is 93.4 Å². The van der Waals surface area contributed by atoms with Crippen LogP contribution in [0.5, 0.6) is 0 Å². The van der Waals surface area contributed by atoms with E-state index in [0.29, 0.717) is 11.4 Å². The molecular formula is C24H30N4O4S. The number of rotatable bonds is 8. The maximum Gasteiger partial charge on any atom is 0.296 e. The molecule has 0 saturated carbocycles. The summed E-state index contributed by atoms with van der Waals surface area (Å²) in [4.78, 5) is 25.8. The molecule has 0 radical (unpaired) electrons. The first-order valence-corrected chi connectivity index (χ1v) is 12.3. The fraction of sp³-hybridized carbons (Fsp3) is 0.333. The maximum atomic E-state index is 13.4. The van der Waals surface area contributed by atoms with Crippen LogP contribution in [0.15, 0.2) is 64.3 Å². The van der Waals surface area contributed by atoms with Crippen molar-refractivity contribution in [1.82, 2.24) is 14.7 Å². The smallest absolute Gasteiger partial charge is 0.296 e. The monoisotopic (exact) mass is 470 g/mol. The number of sulfonamides is 1. The minimum atomic E-state index is -4.09. The fourth-order valence-corrected chi connectivity index (χ4v) is 5.05. The number of nitrogens with one attached hydrogen (secondary N) is 1. The molecule has 2 aromatic carbocycles. The summed E-state index contributed by atoms with van der Waals surface area (Å²) in [6.07, 6.45) is 1.56. The van der Waals surface area contributed by atoms with Crippen LogP contribution in [0.25, 0.3) is 5.69 Å². The van der Waals surface area contributed by atoms with Crippen molar-refractivity contribution in [3.05, 3.63) is 76.2 Å². The molecule has 0 aliphatic carbocycles. The third kappa shape index (κ3) is 4.59. The third-order valence-corrected chi connectivity index (χ3v) is 7.67. The summed E-state index contributed by atoms with van der Waals surface area (Å²) in [5.41, 5.74) is 0.980. The van der Waals surface area contributed by atoms with E-state index < -0.39 is 15.6 Å². The van der Waals surface area contributed by atoms with Gasteiger partial charge in [0.2, 0.25) is 0 Å². The molecular weight excluding hydrogens is 440 g/mol. The van der Waals surface area contributed by atoms with Crippen LogP contribution in [-0.2, 0) is 17.1 Å². The second-order valence-electron chi connectivity index (χ2n) is 7.90. The van der Waals surface area contributed by atoms with E-state index in [0.717, 1.165) is 17.1 Å². The van der Waals surface area contributed by atoms with E-state index in [2.05, 4.69) is 5.32 Å². The van der Waals surface area contributed by atoms with Gasteiger partial charge in [0.25, 0.3) is 21.5 Å². The van der Waals surface area contributed by atoms with Gasteiger partial charge < -0.3 is 5.32 Å². The zero-order valence-corrected chi connectivity index (χ0v) is 20.4. The van der Waals surface area contributed by atoms with Crippen molar-refractivity contribution in [2.75, 3.05) is 11.4 Å². The summed E-state index contributed by atoms with van der Waals surface area (Å²) in [7, 11) is -1.03. The number of para-hydroxylation sites is 1. The highest BCUT2D eigenvalue weighted by Gasteiger charge is 2.29. The number of carbonyl (C=O) groups is 1. The first-order valence-electron chi connectivity index (χ1n) is 10.9. The SMILES string of the molecule is CCC(CC)NC(=O)c1cccc(S(=O)(=O)N(C)c2c(C)n(C)n(-c3ccccc3)c2=O)c1. The summed E-state index contributed by atoms with van der Waals surface area (Å²) in [5, 5.41) is 2.92. The van der Waals surface area contributed by atoms with Gasteiger partial charge >= 0.3 is 0 Å². The zero-order valence-electron chi connectivity index (χ0n) is 19.6. The van der Waals surface area contributed by atoms with Crippen molar-refractivity contribution >= 4 is 21.6 Å². The van der Waals surface area contributed by atoms with E-state index in [4.69, 9.17) is 0 Å². The summed E-state index contributed by atoms with van der Waals surface area (Å²) in [6.45, 7) is 5.66. The van der Waals surface area contributed by atoms with Crippen molar-refractivity contribution in [1.29, 1.82) is 0 Å². The molecule has 0 spiro atoms. The Morgan fingerprint density at radius 1 is 1.06 bits per heavy atom. The predicted molar refractivity (Wildman–Crippen MR) is 130 cm³/mol. The molecule has 0 aliphatic rings. The number of carbonyl (C=O) groups excluding carboxylic acids is 1. The van der Waals surface area contributed by atoms with E-state index in [1.807, 2.05) is 32.0 Å². The zero-order chi connectivity index (χ0) is 24.3. The number of hydrogen-bond acceptors (Lipinski definition) is 4. The van der Waals surface area contributed by atoms with Crippen LogP contribution in [0, 0.1) is 6.92 Å². The van der Waals surface area contributed by atoms with Crippen LogP contribution >= 0.6 is 0 Å². The van der Waals surface area contributed by atoms with Gasteiger partial charge in [-0.05, 0) is 50.1 Å². The van der Waals surface area contributed by atoms with Gasteiger partial charge in [-0.15, -0.1) is 0 Å². The summed E-state index contributed by atoms with van der Waals surface area (Å²) in [5.74, 6) is -0.328. The molecule has 1 N–H and O–H groups in total. The number of anilines is 1. The normalized spacial score (nSPS) is 11.6. The van der Waals surface area contributed by atoms with Crippen LogP contribution in [0.3, 0.4) is 0 Å². The third-order valence-electron chi connectivity index (χ3n) is 5.91. The molecule has 0 unspecified atom stereocenters. The average molecular weight is 471 g/mol. The molecule has 3 rings (SSSR count). The highest BCUT2D eigenvalue weighted by Crippen LogP contribution is 2.24. The van der Waals surface area contributed by atoms with E-state index >= 15 is 0 Å². The molecule has 8 nitrogen and oxygen atoms in total. The standard InChI is InChI=1S/C24H30N4O4S/c1-6-19(7-2)25-23(29)18-12-11-15-21(16-18)33(31,32)27(5)22-17(3)26(4)28(24(22)30)20-13-9-8-10-14-20/h8-16,19H,6-7H2,1-5H3,(H,25,29). The van der Waals surface area contributed by atoms with Crippen LogP contribution in [0.2, 0.25) is 0 Å². The molecule has 0 bridgehead atoms. The molecule has 0 atom stereocenters. The van der Waals surface area contributed by atoms with Crippen molar-refractivity contribution in [2.24, 2.45) is 7.05 Å².